The smallest absolute Gasteiger partial charge is 0.491 e. The Morgan fingerprint density at radius 3 is 2.62 bits per heavy atom. The molecule has 10 heteroatoms. The Morgan fingerprint density at radius 2 is 1.95 bits per heavy atom. The van der Waals surface area contributed by atoms with Gasteiger partial charge in [-0.15, -0.1) is 13.2 Å². The van der Waals surface area contributed by atoms with Gasteiger partial charge in [0.15, 0.2) is 0 Å². The van der Waals surface area contributed by atoms with Crippen LogP contribution in [0.25, 0.3) is 0 Å². The van der Waals surface area contributed by atoms with Crippen molar-refractivity contribution in [3.63, 3.8) is 0 Å². The molecule has 0 spiro atoms. The van der Waals surface area contributed by atoms with E-state index in [4.69, 9.17) is 16.3 Å². The van der Waals surface area contributed by atoms with E-state index in [0.717, 1.165) is 16.8 Å². The van der Waals surface area contributed by atoms with E-state index in [0.29, 0.717) is 41.4 Å². The van der Waals surface area contributed by atoms with Crippen molar-refractivity contribution in [1.29, 1.82) is 0 Å². The zero-order valence-corrected chi connectivity index (χ0v) is 23.0. The molecule has 4 atom stereocenters. The van der Waals surface area contributed by atoms with Gasteiger partial charge in [0.25, 0.3) is 5.91 Å². The number of nitrogens with zero attached hydrogens (tertiary/aromatic N) is 1. The lowest BCUT2D eigenvalue weighted by Gasteiger charge is -2.33. The topological polar surface area (TPSA) is 71.0 Å². The molecule has 1 fully saturated rings. The molecule has 1 aliphatic heterocycles. The van der Waals surface area contributed by atoms with Gasteiger partial charge in [-0.1, -0.05) is 49.2 Å². The minimum absolute atomic E-state index is 0.0585. The highest BCUT2D eigenvalue weighted by molar-refractivity contribution is 6.30. The van der Waals surface area contributed by atoms with Crippen LogP contribution < -0.4 is 5.32 Å². The summed E-state index contributed by atoms with van der Waals surface area (Å²) in [6.45, 7) is 6.00. The number of allylic oxidation sites excluding steroid dienone is 5. The predicted molar refractivity (Wildman–Crippen MR) is 142 cm³/mol. The molecule has 1 aromatic rings. The summed E-state index contributed by atoms with van der Waals surface area (Å²) in [7, 11) is 0. The van der Waals surface area contributed by atoms with Crippen LogP contribution in [-0.4, -0.2) is 48.6 Å². The van der Waals surface area contributed by atoms with Crippen molar-refractivity contribution in [3.05, 3.63) is 81.4 Å². The minimum Gasteiger partial charge on any atom is -0.491 e. The Labute approximate surface area is 231 Å². The summed E-state index contributed by atoms with van der Waals surface area (Å²) >= 11 is 6.13. The number of rotatable bonds is 9. The number of halogens is 4. The molecule has 4 unspecified atom stereocenters. The van der Waals surface area contributed by atoms with Crippen molar-refractivity contribution in [3.8, 4) is 0 Å². The summed E-state index contributed by atoms with van der Waals surface area (Å²) in [6.07, 6.45) is 1.97. The van der Waals surface area contributed by atoms with Gasteiger partial charge in [0.05, 0.1) is 13.2 Å². The number of amides is 1. The normalized spacial score (nSPS) is 24.1. The van der Waals surface area contributed by atoms with Gasteiger partial charge in [-0.3, -0.25) is 9.53 Å². The first kappa shape index (κ1) is 29.2. The van der Waals surface area contributed by atoms with Crippen molar-refractivity contribution in [2.45, 2.75) is 46.0 Å². The Morgan fingerprint density at radius 1 is 1.23 bits per heavy atom. The molecule has 3 aliphatic rings. The summed E-state index contributed by atoms with van der Waals surface area (Å²) < 4.78 is 47.9. The second-order valence-corrected chi connectivity index (χ2v) is 10.7. The molecule has 1 aromatic carbocycles. The van der Waals surface area contributed by atoms with Crippen LogP contribution in [0.1, 0.15) is 45.2 Å². The minimum atomic E-state index is -4.71. The van der Waals surface area contributed by atoms with Crippen molar-refractivity contribution in [2.75, 3.05) is 26.4 Å². The van der Waals surface area contributed by atoms with E-state index in [9.17, 15) is 23.1 Å². The number of hydrogen-bond donors (Lipinski definition) is 2. The molecule has 39 heavy (non-hydrogen) atoms. The van der Waals surface area contributed by atoms with Crippen molar-refractivity contribution in [2.24, 2.45) is 17.8 Å². The quantitative estimate of drug-likeness (QED) is 0.382. The number of benzene rings is 1. The number of hydrogen-bond acceptors (Lipinski definition) is 5. The lowest BCUT2D eigenvalue weighted by molar-refractivity contribution is -0.327. The molecule has 4 rings (SSSR count). The molecule has 1 saturated heterocycles. The molecule has 212 valence electrons. The summed E-state index contributed by atoms with van der Waals surface area (Å²) in [4.78, 5) is 15.8. The van der Waals surface area contributed by atoms with Crippen LogP contribution in [0.4, 0.5) is 13.2 Å². The molecule has 1 amide bonds. The van der Waals surface area contributed by atoms with Gasteiger partial charge in [-0.2, -0.15) is 0 Å². The zero-order chi connectivity index (χ0) is 28.3. The van der Waals surface area contributed by atoms with E-state index in [1.165, 1.54) is 0 Å². The molecular formula is C29H34ClF3N2O4. The Bertz CT molecular complexity index is 1190. The predicted octanol–water partition coefficient (Wildman–Crippen LogP) is 6.02. The van der Waals surface area contributed by atoms with Gasteiger partial charge in [-0.25, -0.2) is 0 Å². The van der Waals surface area contributed by atoms with Crippen LogP contribution in [0.2, 0.25) is 5.02 Å². The second kappa shape index (κ2) is 12.2. The van der Waals surface area contributed by atoms with Gasteiger partial charge in [-0.05, 0) is 61.1 Å². The fourth-order valence-electron chi connectivity index (χ4n) is 5.31. The number of aliphatic hydroxyl groups is 1. The van der Waals surface area contributed by atoms with Crippen molar-refractivity contribution < 1.29 is 32.5 Å². The third-order valence-electron chi connectivity index (χ3n) is 7.52. The molecule has 2 N–H and O–H groups in total. The largest absolute Gasteiger partial charge is 0.522 e. The van der Waals surface area contributed by atoms with E-state index < -0.39 is 24.9 Å². The summed E-state index contributed by atoms with van der Waals surface area (Å²) in [5.41, 5.74) is 4.16. The fourth-order valence-corrected chi connectivity index (χ4v) is 5.43. The number of alkyl halides is 3. The third-order valence-corrected chi connectivity index (χ3v) is 7.77. The number of carbonyl (C=O) groups excluding carboxylic acids is 1. The standard InChI is InChI=1S/C29H34ClF3N2O4/c1-17-13-23(38-11-10-36)15-25(19(17)3)34-27(21-4-6-22(30)7-5-21)28(37)35-9-8-24-18(2)12-20(14-26(24)35)16-39-29(31,32)33/h4-7,13-15,17,19-20,27,34,36H,8-12,16H2,1-3H3. The number of likely N-dealkylation sites (tertiary alicyclic amines) is 1. The van der Waals surface area contributed by atoms with Crippen LogP contribution in [-0.2, 0) is 14.3 Å². The van der Waals surface area contributed by atoms with Crippen LogP contribution in [0, 0.1) is 17.8 Å². The number of aliphatic hydroxyl groups excluding tert-OH is 1. The first-order chi connectivity index (χ1) is 18.5. The number of ether oxygens (including phenoxy) is 2. The van der Waals surface area contributed by atoms with Gasteiger partial charge in [0.2, 0.25) is 0 Å². The summed E-state index contributed by atoms with van der Waals surface area (Å²) in [5.74, 6) is 0.0922. The van der Waals surface area contributed by atoms with E-state index >= 15 is 0 Å². The van der Waals surface area contributed by atoms with Crippen molar-refractivity contribution in [1.82, 2.24) is 10.2 Å². The lowest BCUT2D eigenvalue weighted by atomic mass is 9.87. The molecule has 1 heterocycles. The Kier molecular flexibility index (Phi) is 9.14. The monoisotopic (exact) mass is 566 g/mol. The SMILES string of the molecule is CC1=C2CCN(C(=O)C(NC3=CC(OCCO)=CC(C)C3C)c3ccc(Cl)cc3)C2=CC(COC(F)(F)F)C1. The summed E-state index contributed by atoms with van der Waals surface area (Å²) in [6, 6.07) is 6.26. The van der Waals surface area contributed by atoms with Gasteiger partial charge >= 0.3 is 6.36 Å². The molecule has 0 saturated carbocycles. The van der Waals surface area contributed by atoms with Crippen LogP contribution in [0.5, 0.6) is 0 Å². The molecule has 0 aromatic heterocycles. The molecule has 0 bridgehead atoms. The van der Waals surface area contributed by atoms with Crippen LogP contribution >= 0.6 is 11.6 Å². The maximum Gasteiger partial charge on any atom is 0.522 e. The first-order valence-corrected chi connectivity index (χ1v) is 13.5. The average molecular weight is 567 g/mol. The summed E-state index contributed by atoms with van der Waals surface area (Å²) in [5, 5.41) is 13.2. The van der Waals surface area contributed by atoms with Crippen LogP contribution in [0.3, 0.4) is 0 Å². The fraction of sp³-hybridized carbons (Fsp3) is 0.483. The second-order valence-electron chi connectivity index (χ2n) is 10.3. The van der Waals surface area contributed by atoms with Crippen LogP contribution in [0.15, 0.2) is 70.8 Å². The average Bonchev–Trinajstić information content (AvgIpc) is 3.32. The molecule has 0 radical (unpaired) electrons. The van der Waals surface area contributed by atoms with Gasteiger partial charge < -0.3 is 20.1 Å². The highest BCUT2D eigenvalue weighted by atomic mass is 35.5. The molecular weight excluding hydrogens is 533 g/mol. The third kappa shape index (κ3) is 7.07. The number of fused-ring (bicyclic) bond motifs is 1. The maximum atomic E-state index is 14.2. The number of carbonyl (C=O) groups is 1. The van der Waals surface area contributed by atoms with Crippen molar-refractivity contribution >= 4 is 17.5 Å². The first-order valence-electron chi connectivity index (χ1n) is 13.1. The van der Waals surface area contributed by atoms with Gasteiger partial charge in [0, 0.05) is 34.8 Å². The molecule has 2 aliphatic carbocycles. The van der Waals surface area contributed by atoms with E-state index in [1.807, 2.05) is 19.1 Å². The van der Waals surface area contributed by atoms with Gasteiger partial charge in [0.1, 0.15) is 18.4 Å². The number of nitrogens with one attached hydrogen (secondary N) is 1. The highest BCUT2D eigenvalue weighted by Gasteiger charge is 2.38. The highest BCUT2D eigenvalue weighted by Crippen LogP contribution is 2.40. The Balaban J connectivity index is 1.64. The van der Waals surface area contributed by atoms with E-state index in [-0.39, 0.29) is 31.0 Å². The zero-order valence-electron chi connectivity index (χ0n) is 22.2. The maximum absolute atomic E-state index is 14.2. The van der Waals surface area contributed by atoms with E-state index in [1.54, 1.807) is 35.2 Å². The lowest BCUT2D eigenvalue weighted by Crippen LogP contribution is -2.40. The van der Waals surface area contributed by atoms with E-state index in [2.05, 4.69) is 23.9 Å². The Hall–Kier alpha value is -2.75. The molecule has 6 nitrogen and oxygen atoms in total.